The molecule has 0 aliphatic rings. The van der Waals surface area contributed by atoms with Crippen LogP contribution in [0.5, 0.6) is 0 Å². The number of rotatable bonds is 5. The summed E-state index contributed by atoms with van der Waals surface area (Å²) in [5.41, 5.74) is 0.797. The summed E-state index contributed by atoms with van der Waals surface area (Å²) in [7, 11) is -3.41. The SMILES string of the molecule is CS(=O)(=O)c1cccc(C(=O)OCc2nnc(-c3ccc(Cl)cc3)o2)c1. The standard InChI is InChI=1S/C17H13ClN2O5S/c1-26(22,23)14-4-2-3-12(9-14)17(21)24-10-15-19-20-16(25-15)11-5-7-13(18)8-6-11/h2-9H,10H2,1H3. The molecule has 0 N–H and O–H groups in total. The van der Waals surface area contributed by atoms with Crippen molar-refractivity contribution in [2.45, 2.75) is 11.5 Å². The third-order valence-electron chi connectivity index (χ3n) is 3.38. The molecule has 0 radical (unpaired) electrons. The highest BCUT2D eigenvalue weighted by atomic mass is 35.5. The molecule has 0 saturated carbocycles. The van der Waals surface area contributed by atoms with Crippen LogP contribution in [0, 0.1) is 0 Å². The van der Waals surface area contributed by atoms with Gasteiger partial charge in [0, 0.05) is 16.8 Å². The maximum Gasteiger partial charge on any atom is 0.338 e. The van der Waals surface area contributed by atoms with Gasteiger partial charge in [0.15, 0.2) is 16.4 Å². The Kier molecular flexibility index (Phi) is 5.06. The number of benzene rings is 2. The van der Waals surface area contributed by atoms with Gasteiger partial charge in [-0.3, -0.25) is 0 Å². The molecule has 26 heavy (non-hydrogen) atoms. The minimum Gasteiger partial charge on any atom is -0.452 e. The lowest BCUT2D eigenvalue weighted by atomic mass is 10.2. The van der Waals surface area contributed by atoms with Crippen LogP contribution in [-0.2, 0) is 21.2 Å². The van der Waals surface area contributed by atoms with Gasteiger partial charge >= 0.3 is 5.97 Å². The molecule has 2 aromatic carbocycles. The van der Waals surface area contributed by atoms with Crippen LogP contribution < -0.4 is 0 Å². The molecule has 0 atom stereocenters. The van der Waals surface area contributed by atoms with E-state index in [9.17, 15) is 13.2 Å². The summed E-state index contributed by atoms with van der Waals surface area (Å²) in [6.07, 6.45) is 1.06. The Morgan fingerprint density at radius 2 is 1.88 bits per heavy atom. The van der Waals surface area contributed by atoms with Crippen molar-refractivity contribution in [2.24, 2.45) is 0 Å². The first kappa shape index (κ1) is 18.1. The Hall–Kier alpha value is -2.71. The molecule has 3 aromatic rings. The molecular formula is C17H13ClN2O5S. The minimum atomic E-state index is -3.41. The monoisotopic (exact) mass is 392 g/mol. The van der Waals surface area contributed by atoms with Gasteiger partial charge in [-0.25, -0.2) is 13.2 Å². The van der Waals surface area contributed by atoms with E-state index in [-0.39, 0.29) is 28.8 Å². The topological polar surface area (TPSA) is 99.4 Å². The van der Waals surface area contributed by atoms with Crippen LogP contribution in [0.4, 0.5) is 0 Å². The molecule has 1 heterocycles. The molecule has 0 unspecified atom stereocenters. The van der Waals surface area contributed by atoms with E-state index >= 15 is 0 Å². The van der Waals surface area contributed by atoms with Gasteiger partial charge in [0.05, 0.1) is 10.5 Å². The average molecular weight is 393 g/mol. The number of hydrogen-bond acceptors (Lipinski definition) is 7. The zero-order valence-corrected chi connectivity index (χ0v) is 15.1. The van der Waals surface area contributed by atoms with Crippen molar-refractivity contribution in [1.29, 1.82) is 0 Å². The highest BCUT2D eigenvalue weighted by Gasteiger charge is 2.15. The molecule has 7 nitrogen and oxygen atoms in total. The first-order chi connectivity index (χ1) is 12.3. The van der Waals surface area contributed by atoms with Gasteiger partial charge in [-0.2, -0.15) is 0 Å². The Balaban J connectivity index is 1.68. The van der Waals surface area contributed by atoms with E-state index in [1.807, 2.05) is 0 Å². The van der Waals surface area contributed by atoms with Gasteiger partial charge in [-0.05, 0) is 42.5 Å². The Morgan fingerprint density at radius 3 is 2.58 bits per heavy atom. The Bertz CT molecular complexity index is 1050. The summed E-state index contributed by atoms with van der Waals surface area (Å²) in [6.45, 7) is -0.234. The molecule has 0 fully saturated rings. The van der Waals surface area contributed by atoms with Crippen molar-refractivity contribution in [3.05, 3.63) is 65.0 Å². The van der Waals surface area contributed by atoms with Crippen LogP contribution in [0.3, 0.4) is 0 Å². The Morgan fingerprint density at radius 1 is 1.15 bits per heavy atom. The summed E-state index contributed by atoms with van der Waals surface area (Å²) in [5, 5.41) is 8.28. The summed E-state index contributed by atoms with van der Waals surface area (Å²) < 4.78 is 33.6. The number of nitrogens with zero attached hydrogens (tertiary/aromatic N) is 2. The molecule has 9 heteroatoms. The molecule has 0 aliphatic carbocycles. The van der Waals surface area contributed by atoms with Gasteiger partial charge < -0.3 is 9.15 Å². The number of halogens is 1. The number of carbonyl (C=O) groups excluding carboxylic acids is 1. The van der Waals surface area contributed by atoms with Crippen molar-refractivity contribution in [3.8, 4) is 11.5 Å². The van der Waals surface area contributed by atoms with Crippen LogP contribution in [-0.4, -0.2) is 30.8 Å². The Labute approximate surface area is 154 Å². The first-order valence-electron chi connectivity index (χ1n) is 7.38. The fraction of sp³-hybridized carbons (Fsp3) is 0.118. The van der Waals surface area contributed by atoms with E-state index in [1.54, 1.807) is 24.3 Å². The molecule has 3 rings (SSSR count). The van der Waals surface area contributed by atoms with E-state index in [1.165, 1.54) is 24.3 Å². The maximum absolute atomic E-state index is 12.1. The first-order valence-corrected chi connectivity index (χ1v) is 9.65. The van der Waals surface area contributed by atoms with E-state index in [2.05, 4.69) is 10.2 Å². The van der Waals surface area contributed by atoms with Crippen LogP contribution >= 0.6 is 11.6 Å². The fourth-order valence-electron chi connectivity index (χ4n) is 2.09. The van der Waals surface area contributed by atoms with E-state index in [4.69, 9.17) is 20.8 Å². The van der Waals surface area contributed by atoms with E-state index in [0.29, 0.717) is 10.6 Å². The maximum atomic E-state index is 12.1. The van der Waals surface area contributed by atoms with Gasteiger partial charge in [0.2, 0.25) is 5.89 Å². The van der Waals surface area contributed by atoms with E-state index in [0.717, 1.165) is 6.26 Å². The van der Waals surface area contributed by atoms with Crippen molar-refractivity contribution < 1.29 is 22.4 Å². The number of sulfone groups is 1. The van der Waals surface area contributed by atoms with Crippen LogP contribution in [0.2, 0.25) is 5.02 Å². The smallest absolute Gasteiger partial charge is 0.338 e. The van der Waals surface area contributed by atoms with Crippen molar-refractivity contribution in [1.82, 2.24) is 10.2 Å². The lowest BCUT2D eigenvalue weighted by Crippen LogP contribution is -2.07. The summed E-state index contributed by atoms with van der Waals surface area (Å²) in [4.78, 5) is 12.1. The second-order valence-electron chi connectivity index (χ2n) is 5.38. The second-order valence-corrected chi connectivity index (χ2v) is 7.84. The van der Waals surface area contributed by atoms with Gasteiger partial charge in [0.1, 0.15) is 0 Å². The average Bonchev–Trinajstić information content (AvgIpc) is 3.08. The molecule has 1 aromatic heterocycles. The molecule has 134 valence electrons. The zero-order valence-electron chi connectivity index (χ0n) is 13.5. The molecule has 0 bridgehead atoms. The lowest BCUT2D eigenvalue weighted by molar-refractivity contribution is 0.0438. The fourth-order valence-corrected chi connectivity index (χ4v) is 2.88. The van der Waals surface area contributed by atoms with E-state index < -0.39 is 15.8 Å². The molecule has 0 saturated heterocycles. The normalized spacial score (nSPS) is 11.3. The van der Waals surface area contributed by atoms with Crippen molar-refractivity contribution >= 4 is 27.4 Å². The van der Waals surface area contributed by atoms with Gasteiger partial charge in [-0.15, -0.1) is 10.2 Å². The van der Waals surface area contributed by atoms with Crippen LogP contribution in [0.15, 0.2) is 57.8 Å². The summed E-state index contributed by atoms with van der Waals surface area (Å²) in [6, 6.07) is 12.4. The number of aromatic nitrogens is 2. The third kappa shape index (κ3) is 4.27. The highest BCUT2D eigenvalue weighted by molar-refractivity contribution is 7.90. The zero-order chi connectivity index (χ0) is 18.7. The molecular weight excluding hydrogens is 380 g/mol. The van der Waals surface area contributed by atoms with Gasteiger partial charge in [0.25, 0.3) is 5.89 Å². The van der Waals surface area contributed by atoms with Crippen LogP contribution in [0.1, 0.15) is 16.2 Å². The van der Waals surface area contributed by atoms with Crippen molar-refractivity contribution in [3.63, 3.8) is 0 Å². The molecule has 0 aliphatic heterocycles. The predicted molar refractivity (Wildman–Crippen MR) is 93.4 cm³/mol. The molecule has 0 amide bonds. The molecule has 0 spiro atoms. The number of ether oxygens (including phenoxy) is 1. The summed E-state index contributed by atoms with van der Waals surface area (Å²) in [5.74, 6) is -0.309. The number of hydrogen-bond donors (Lipinski definition) is 0. The lowest BCUT2D eigenvalue weighted by Gasteiger charge is -2.04. The second kappa shape index (κ2) is 7.27. The minimum absolute atomic E-state index is 0.0368. The van der Waals surface area contributed by atoms with Gasteiger partial charge in [-0.1, -0.05) is 17.7 Å². The largest absolute Gasteiger partial charge is 0.452 e. The number of carbonyl (C=O) groups is 1. The van der Waals surface area contributed by atoms with Crippen LogP contribution in [0.25, 0.3) is 11.5 Å². The van der Waals surface area contributed by atoms with Crippen molar-refractivity contribution in [2.75, 3.05) is 6.26 Å². The number of esters is 1. The highest BCUT2D eigenvalue weighted by Crippen LogP contribution is 2.20. The predicted octanol–water partition coefficient (Wildman–Crippen LogP) is 3.15. The summed E-state index contributed by atoms with van der Waals surface area (Å²) >= 11 is 5.82. The third-order valence-corrected chi connectivity index (χ3v) is 4.74. The quantitative estimate of drug-likeness (QED) is 0.615.